The Morgan fingerprint density at radius 2 is 2.15 bits per heavy atom. The number of thiophene rings is 1. The van der Waals surface area contributed by atoms with Crippen LogP contribution in [-0.2, 0) is 16.0 Å². The Morgan fingerprint density at radius 1 is 1.35 bits per heavy atom. The molecule has 104 valence electrons. The van der Waals surface area contributed by atoms with Gasteiger partial charge in [-0.3, -0.25) is 4.79 Å². The fourth-order valence-corrected chi connectivity index (χ4v) is 3.69. The van der Waals surface area contributed by atoms with E-state index in [2.05, 4.69) is 23.6 Å². The van der Waals surface area contributed by atoms with Crippen LogP contribution in [0.5, 0.6) is 0 Å². The van der Waals surface area contributed by atoms with Gasteiger partial charge in [0, 0.05) is 18.5 Å². The molecule has 3 rings (SSSR count). The van der Waals surface area contributed by atoms with Gasteiger partial charge in [-0.1, -0.05) is 30.3 Å². The van der Waals surface area contributed by atoms with Crippen molar-refractivity contribution in [1.82, 2.24) is 4.90 Å². The molecule has 0 bridgehead atoms. The number of benzene rings is 1. The van der Waals surface area contributed by atoms with Crippen LogP contribution >= 0.6 is 11.3 Å². The average molecular weight is 287 g/mol. The third-order valence-electron chi connectivity index (χ3n) is 3.67. The van der Waals surface area contributed by atoms with Crippen LogP contribution in [0, 0.1) is 0 Å². The van der Waals surface area contributed by atoms with Gasteiger partial charge < -0.3 is 9.64 Å². The SMILES string of the molecule is COCC(=O)N1CCc2sccc2C1c1ccccc1. The van der Waals surface area contributed by atoms with Gasteiger partial charge in [-0.2, -0.15) is 0 Å². The Morgan fingerprint density at radius 3 is 2.90 bits per heavy atom. The summed E-state index contributed by atoms with van der Waals surface area (Å²) in [6, 6.07) is 12.4. The highest BCUT2D eigenvalue weighted by Gasteiger charge is 2.32. The Kier molecular flexibility index (Phi) is 3.85. The zero-order valence-corrected chi connectivity index (χ0v) is 12.2. The summed E-state index contributed by atoms with van der Waals surface area (Å²) in [6.07, 6.45) is 0.936. The molecule has 1 aliphatic heterocycles. The van der Waals surface area contributed by atoms with Gasteiger partial charge in [-0.25, -0.2) is 0 Å². The standard InChI is InChI=1S/C16H17NO2S/c1-19-11-15(18)17-9-7-14-13(8-10-20-14)16(17)12-5-3-2-4-6-12/h2-6,8,10,16H,7,9,11H2,1H3. The first-order chi connectivity index (χ1) is 9.81. The van der Waals surface area contributed by atoms with E-state index in [0.29, 0.717) is 0 Å². The molecule has 2 heterocycles. The molecule has 2 aromatic rings. The van der Waals surface area contributed by atoms with Crippen LogP contribution in [0.3, 0.4) is 0 Å². The predicted octanol–water partition coefficient (Wildman–Crippen LogP) is 2.87. The lowest BCUT2D eigenvalue weighted by Crippen LogP contribution is -2.41. The highest BCUT2D eigenvalue weighted by Crippen LogP contribution is 2.37. The number of hydrogen-bond acceptors (Lipinski definition) is 3. The summed E-state index contributed by atoms with van der Waals surface area (Å²) in [5.41, 5.74) is 2.42. The zero-order valence-electron chi connectivity index (χ0n) is 11.4. The van der Waals surface area contributed by atoms with E-state index in [9.17, 15) is 4.79 Å². The molecule has 1 amide bonds. The number of ether oxygens (including phenoxy) is 1. The quantitative estimate of drug-likeness (QED) is 0.869. The fourth-order valence-electron chi connectivity index (χ4n) is 2.79. The molecular formula is C16H17NO2S. The van der Waals surface area contributed by atoms with E-state index >= 15 is 0 Å². The number of carbonyl (C=O) groups excluding carboxylic acids is 1. The van der Waals surface area contributed by atoms with Gasteiger partial charge in [0.25, 0.3) is 0 Å². The van der Waals surface area contributed by atoms with Crippen LogP contribution in [-0.4, -0.2) is 31.1 Å². The summed E-state index contributed by atoms with van der Waals surface area (Å²) in [5, 5.41) is 2.12. The molecule has 1 aromatic carbocycles. The van der Waals surface area contributed by atoms with Crippen LogP contribution in [0.25, 0.3) is 0 Å². The molecule has 0 spiro atoms. The van der Waals surface area contributed by atoms with E-state index in [-0.39, 0.29) is 18.6 Å². The molecule has 0 aliphatic carbocycles. The van der Waals surface area contributed by atoms with E-state index in [1.807, 2.05) is 23.1 Å². The maximum atomic E-state index is 12.3. The summed E-state index contributed by atoms with van der Waals surface area (Å²) in [6.45, 7) is 0.901. The first-order valence-electron chi connectivity index (χ1n) is 6.71. The molecule has 3 nitrogen and oxygen atoms in total. The lowest BCUT2D eigenvalue weighted by Gasteiger charge is -2.36. The highest BCUT2D eigenvalue weighted by molar-refractivity contribution is 7.10. The van der Waals surface area contributed by atoms with Crippen LogP contribution in [0.2, 0.25) is 0 Å². The second-order valence-electron chi connectivity index (χ2n) is 4.88. The molecular weight excluding hydrogens is 270 g/mol. The molecule has 0 fully saturated rings. The molecule has 1 aromatic heterocycles. The van der Waals surface area contributed by atoms with E-state index in [0.717, 1.165) is 18.5 Å². The van der Waals surface area contributed by atoms with Crippen LogP contribution in [0.4, 0.5) is 0 Å². The lowest BCUT2D eigenvalue weighted by molar-refractivity contribution is -0.137. The van der Waals surface area contributed by atoms with E-state index in [4.69, 9.17) is 4.74 Å². The van der Waals surface area contributed by atoms with Crippen molar-refractivity contribution >= 4 is 17.2 Å². The van der Waals surface area contributed by atoms with Gasteiger partial charge in [-0.15, -0.1) is 11.3 Å². The Labute approximate surface area is 122 Å². The Bertz CT molecular complexity index is 594. The first-order valence-corrected chi connectivity index (χ1v) is 7.59. The monoisotopic (exact) mass is 287 g/mol. The van der Waals surface area contributed by atoms with Crippen LogP contribution < -0.4 is 0 Å². The van der Waals surface area contributed by atoms with Crippen molar-refractivity contribution in [2.24, 2.45) is 0 Å². The number of hydrogen-bond donors (Lipinski definition) is 0. The van der Waals surface area contributed by atoms with Crippen LogP contribution in [0.15, 0.2) is 41.8 Å². The minimum Gasteiger partial charge on any atom is -0.375 e. The maximum Gasteiger partial charge on any atom is 0.249 e. The van der Waals surface area contributed by atoms with Gasteiger partial charge in [0.05, 0.1) is 6.04 Å². The van der Waals surface area contributed by atoms with Gasteiger partial charge in [0.1, 0.15) is 6.61 Å². The minimum atomic E-state index is 0.0221. The molecule has 0 N–H and O–H groups in total. The van der Waals surface area contributed by atoms with Crippen molar-refractivity contribution in [3.63, 3.8) is 0 Å². The zero-order chi connectivity index (χ0) is 13.9. The third kappa shape index (κ3) is 2.37. The average Bonchev–Trinajstić information content (AvgIpc) is 2.95. The third-order valence-corrected chi connectivity index (χ3v) is 4.67. The molecule has 1 atom stereocenters. The van der Waals surface area contributed by atoms with Crippen molar-refractivity contribution < 1.29 is 9.53 Å². The van der Waals surface area contributed by atoms with Gasteiger partial charge in [-0.05, 0) is 29.0 Å². The van der Waals surface area contributed by atoms with Crippen molar-refractivity contribution in [3.8, 4) is 0 Å². The summed E-state index contributed by atoms with van der Waals surface area (Å²) >= 11 is 1.78. The van der Waals surface area contributed by atoms with E-state index in [1.54, 1.807) is 18.4 Å². The number of nitrogens with zero attached hydrogens (tertiary/aromatic N) is 1. The second-order valence-corrected chi connectivity index (χ2v) is 5.88. The van der Waals surface area contributed by atoms with E-state index < -0.39 is 0 Å². The normalized spacial score (nSPS) is 17.9. The van der Waals surface area contributed by atoms with Crippen molar-refractivity contribution in [2.75, 3.05) is 20.3 Å². The predicted molar refractivity (Wildman–Crippen MR) is 79.9 cm³/mol. The number of methoxy groups -OCH3 is 1. The van der Waals surface area contributed by atoms with E-state index in [1.165, 1.54) is 10.4 Å². The first kappa shape index (κ1) is 13.3. The summed E-state index contributed by atoms with van der Waals surface area (Å²) in [5.74, 6) is 0.0539. The summed E-state index contributed by atoms with van der Waals surface area (Å²) in [7, 11) is 1.56. The molecule has 0 radical (unpaired) electrons. The largest absolute Gasteiger partial charge is 0.375 e. The van der Waals surface area contributed by atoms with Crippen molar-refractivity contribution in [2.45, 2.75) is 12.5 Å². The molecule has 0 saturated carbocycles. The number of carbonyl (C=O) groups is 1. The lowest BCUT2D eigenvalue weighted by atomic mass is 9.93. The molecule has 0 saturated heterocycles. The number of rotatable bonds is 3. The van der Waals surface area contributed by atoms with Crippen molar-refractivity contribution in [1.29, 1.82) is 0 Å². The Balaban J connectivity index is 2.01. The molecule has 1 unspecified atom stereocenters. The summed E-state index contributed by atoms with van der Waals surface area (Å²) < 4.78 is 5.02. The second kappa shape index (κ2) is 5.77. The van der Waals surface area contributed by atoms with Crippen LogP contribution in [0.1, 0.15) is 22.0 Å². The fraction of sp³-hybridized carbons (Fsp3) is 0.312. The van der Waals surface area contributed by atoms with Crippen molar-refractivity contribution in [3.05, 3.63) is 57.8 Å². The smallest absolute Gasteiger partial charge is 0.249 e. The van der Waals surface area contributed by atoms with Gasteiger partial charge >= 0.3 is 0 Å². The highest BCUT2D eigenvalue weighted by atomic mass is 32.1. The van der Waals surface area contributed by atoms with Gasteiger partial charge in [0.15, 0.2) is 0 Å². The number of amides is 1. The molecule has 4 heteroatoms. The summed E-state index contributed by atoms with van der Waals surface area (Å²) in [4.78, 5) is 15.6. The molecule has 1 aliphatic rings. The number of fused-ring (bicyclic) bond motifs is 1. The Hall–Kier alpha value is -1.65. The minimum absolute atomic E-state index is 0.0221. The topological polar surface area (TPSA) is 29.5 Å². The maximum absolute atomic E-state index is 12.3. The van der Waals surface area contributed by atoms with Gasteiger partial charge in [0.2, 0.25) is 5.91 Å². The molecule has 20 heavy (non-hydrogen) atoms.